The topological polar surface area (TPSA) is 21.3 Å². The Morgan fingerprint density at radius 2 is 1.58 bits per heavy atom. The molecule has 0 amide bonds. The predicted octanol–water partition coefficient (Wildman–Crippen LogP) is 4.14. The molecule has 2 fully saturated rings. The Kier molecular flexibility index (Phi) is 6.15. The van der Waals surface area contributed by atoms with Crippen LogP contribution in [0.2, 0.25) is 0 Å². The molecule has 0 aromatic heterocycles. The van der Waals surface area contributed by atoms with E-state index in [0.717, 1.165) is 17.9 Å². The van der Waals surface area contributed by atoms with Gasteiger partial charge in [0.25, 0.3) is 0 Å². The van der Waals surface area contributed by atoms with E-state index in [0.29, 0.717) is 12.2 Å². The summed E-state index contributed by atoms with van der Waals surface area (Å²) in [6, 6.07) is 0.755. The highest BCUT2D eigenvalue weighted by Gasteiger charge is 2.28. The molecule has 1 N–H and O–H groups in total. The molecule has 0 spiro atoms. The van der Waals surface area contributed by atoms with Crippen LogP contribution >= 0.6 is 0 Å². The van der Waals surface area contributed by atoms with E-state index < -0.39 is 0 Å². The summed E-state index contributed by atoms with van der Waals surface area (Å²) in [5.41, 5.74) is 0. The van der Waals surface area contributed by atoms with Gasteiger partial charge in [0.15, 0.2) is 0 Å². The van der Waals surface area contributed by atoms with E-state index in [1.54, 1.807) is 0 Å². The molecule has 3 unspecified atom stereocenters. The first-order valence-electron chi connectivity index (χ1n) is 8.57. The van der Waals surface area contributed by atoms with Crippen molar-refractivity contribution in [3.63, 3.8) is 0 Å². The Bertz CT molecular complexity index is 248. The standard InChI is InChI=1S/C17H33NO/c1-4-11-18-15-6-9-16(10-7-15)19-17-8-5-13(2)14(3)12-17/h13-18H,4-12H2,1-3H3. The lowest BCUT2D eigenvalue weighted by Crippen LogP contribution is -2.38. The van der Waals surface area contributed by atoms with Crippen LogP contribution in [0.15, 0.2) is 0 Å². The van der Waals surface area contributed by atoms with Crippen LogP contribution in [-0.4, -0.2) is 24.8 Å². The van der Waals surface area contributed by atoms with Crippen LogP contribution in [-0.2, 0) is 4.74 Å². The molecule has 3 atom stereocenters. The molecule has 112 valence electrons. The molecule has 19 heavy (non-hydrogen) atoms. The number of hydrogen-bond donors (Lipinski definition) is 1. The Morgan fingerprint density at radius 1 is 0.895 bits per heavy atom. The predicted molar refractivity (Wildman–Crippen MR) is 81.4 cm³/mol. The SMILES string of the molecule is CCCNC1CCC(OC2CCC(C)C(C)C2)CC1. The molecular formula is C17H33NO. The van der Waals surface area contributed by atoms with Gasteiger partial charge in [-0.3, -0.25) is 0 Å². The van der Waals surface area contributed by atoms with Crippen LogP contribution in [0.1, 0.15) is 72.1 Å². The van der Waals surface area contributed by atoms with Gasteiger partial charge in [-0.1, -0.05) is 20.8 Å². The summed E-state index contributed by atoms with van der Waals surface area (Å²) in [6.45, 7) is 8.21. The highest BCUT2D eigenvalue weighted by atomic mass is 16.5. The fourth-order valence-corrected chi connectivity index (χ4v) is 3.65. The Balaban J connectivity index is 1.65. The summed E-state index contributed by atoms with van der Waals surface area (Å²) in [5, 5.41) is 3.65. The van der Waals surface area contributed by atoms with Gasteiger partial charge >= 0.3 is 0 Å². The van der Waals surface area contributed by atoms with Crippen LogP contribution < -0.4 is 5.32 Å². The van der Waals surface area contributed by atoms with Crippen LogP contribution in [0.3, 0.4) is 0 Å². The summed E-state index contributed by atoms with van der Waals surface area (Å²) < 4.78 is 6.38. The first-order valence-corrected chi connectivity index (χ1v) is 8.57. The molecule has 2 saturated carbocycles. The normalized spacial score (nSPS) is 40.3. The van der Waals surface area contributed by atoms with E-state index in [4.69, 9.17) is 4.74 Å². The first-order chi connectivity index (χ1) is 9.19. The van der Waals surface area contributed by atoms with Gasteiger partial charge in [0.2, 0.25) is 0 Å². The second-order valence-corrected chi connectivity index (χ2v) is 6.95. The molecular weight excluding hydrogens is 234 g/mol. The third-order valence-corrected chi connectivity index (χ3v) is 5.29. The molecule has 2 aliphatic rings. The molecule has 2 heteroatoms. The van der Waals surface area contributed by atoms with Gasteiger partial charge in [-0.05, 0) is 69.7 Å². The van der Waals surface area contributed by atoms with E-state index in [1.807, 2.05) is 0 Å². The Morgan fingerprint density at radius 3 is 2.21 bits per heavy atom. The van der Waals surface area contributed by atoms with Gasteiger partial charge in [-0.2, -0.15) is 0 Å². The van der Waals surface area contributed by atoms with Crippen molar-refractivity contribution in [3.05, 3.63) is 0 Å². The van der Waals surface area contributed by atoms with Crippen LogP contribution in [0.25, 0.3) is 0 Å². The van der Waals surface area contributed by atoms with Crippen molar-refractivity contribution < 1.29 is 4.74 Å². The van der Waals surface area contributed by atoms with Gasteiger partial charge in [0.1, 0.15) is 0 Å². The summed E-state index contributed by atoms with van der Waals surface area (Å²) in [5.74, 6) is 1.75. The Labute approximate surface area is 119 Å². The van der Waals surface area contributed by atoms with Gasteiger partial charge in [-0.15, -0.1) is 0 Å². The van der Waals surface area contributed by atoms with Gasteiger partial charge in [0.05, 0.1) is 12.2 Å². The van der Waals surface area contributed by atoms with Crippen LogP contribution in [0.4, 0.5) is 0 Å². The lowest BCUT2D eigenvalue weighted by molar-refractivity contribution is -0.0628. The zero-order chi connectivity index (χ0) is 13.7. The minimum Gasteiger partial charge on any atom is -0.375 e. The molecule has 2 rings (SSSR count). The smallest absolute Gasteiger partial charge is 0.0581 e. The molecule has 0 radical (unpaired) electrons. The molecule has 2 aliphatic carbocycles. The van der Waals surface area contributed by atoms with E-state index in [9.17, 15) is 0 Å². The van der Waals surface area contributed by atoms with Crippen molar-refractivity contribution in [1.29, 1.82) is 0 Å². The van der Waals surface area contributed by atoms with Crippen molar-refractivity contribution in [3.8, 4) is 0 Å². The first kappa shape index (κ1) is 15.3. The minimum atomic E-state index is 0.547. The largest absolute Gasteiger partial charge is 0.375 e. The summed E-state index contributed by atoms with van der Waals surface area (Å²) >= 11 is 0. The number of hydrogen-bond acceptors (Lipinski definition) is 2. The highest BCUT2D eigenvalue weighted by molar-refractivity contribution is 4.81. The molecule has 0 aromatic rings. The fourth-order valence-electron chi connectivity index (χ4n) is 3.65. The quantitative estimate of drug-likeness (QED) is 0.808. The average molecular weight is 267 g/mol. The maximum absolute atomic E-state index is 6.38. The zero-order valence-corrected chi connectivity index (χ0v) is 13.2. The van der Waals surface area contributed by atoms with E-state index in [2.05, 4.69) is 26.1 Å². The molecule has 0 bridgehead atoms. The van der Waals surface area contributed by atoms with Crippen LogP contribution in [0.5, 0.6) is 0 Å². The third kappa shape index (κ3) is 4.75. The molecule has 0 heterocycles. The van der Waals surface area contributed by atoms with Crippen molar-refractivity contribution in [2.45, 2.75) is 90.4 Å². The zero-order valence-electron chi connectivity index (χ0n) is 13.2. The second kappa shape index (κ2) is 7.64. The van der Waals surface area contributed by atoms with Crippen molar-refractivity contribution in [1.82, 2.24) is 5.32 Å². The third-order valence-electron chi connectivity index (χ3n) is 5.29. The molecule has 0 aliphatic heterocycles. The fraction of sp³-hybridized carbons (Fsp3) is 1.00. The highest BCUT2D eigenvalue weighted by Crippen LogP contribution is 2.33. The van der Waals surface area contributed by atoms with Crippen molar-refractivity contribution >= 4 is 0 Å². The van der Waals surface area contributed by atoms with E-state index >= 15 is 0 Å². The van der Waals surface area contributed by atoms with E-state index in [-0.39, 0.29) is 0 Å². The molecule has 2 nitrogen and oxygen atoms in total. The van der Waals surface area contributed by atoms with Crippen molar-refractivity contribution in [2.75, 3.05) is 6.54 Å². The van der Waals surface area contributed by atoms with Gasteiger partial charge in [-0.25, -0.2) is 0 Å². The molecule has 0 aromatic carbocycles. The van der Waals surface area contributed by atoms with E-state index in [1.165, 1.54) is 57.9 Å². The summed E-state index contributed by atoms with van der Waals surface area (Å²) in [7, 11) is 0. The summed E-state index contributed by atoms with van der Waals surface area (Å²) in [6.07, 6.45) is 11.4. The maximum atomic E-state index is 6.38. The molecule has 0 saturated heterocycles. The average Bonchev–Trinajstić information content (AvgIpc) is 2.42. The van der Waals surface area contributed by atoms with Crippen molar-refractivity contribution in [2.24, 2.45) is 11.8 Å². The second-order valence-electron chi connectivity index (χ2n) is 6.95. The number of rotatable bonds is 5. The monoisotopic (exact) mass is 267 g/mol. The number of nitrogens with one attached hydrogen (secondary N) is 1. The van der Waals surface area contributed by atoms with Crippen LogP contribution in [0, 0.1) is 11.8 Å². The lowest BCUT2D eigenvalue weighted by Gasteiger charge is -2.36. The van der Waals surface area contributed by atoms with Gasteiger partial charge < -0.3 is 10.1 Å². The Hall–Kier alpha value is -0.0800. The number of ether oxygens (including phenoxy) is 1. The summed E-state index contributed by atoms with van der Waals surface area (Å²) in [4.78, 5) is 0. The lowest BCUT2D eigenvalue weighted by atomic mass is 9.80. The minimum absolute atomic E-state index is 0.547. The maximum Gasteiger partial charge on any atom is 0.0581 e. The van der Waals surface area contributed by atoms with Gasteiger partial charge in [0, 0.05) is 6.04 Å².